The lowest BCUT2D eigenvalue weighted by Gasteiger charge is -2.05. The second-order valence-electron chi connectivity index (χ2n) is 4.67. The molecule has 0 atom stereocenters. The van der Waals surface area contributed by atoms with Crippen LogP contribution in [0.1, 0.15) is 20.8 Å². The monoisotopic (exact) mass is 349 g/mol. The van der Waals surface area contributed by atoms with Crippen molar-refractivity contribution < 1.29 is 28.6 Å². The Hall–Kier alpha value is -3.10. The Morgan fingerprint density at radius 2 is 1.28 bits per heavy atom. The van der Waals surface area contributed by atoms with Gasteiger partial charge >= 0.3 is 18.3 Å². The molecule has 1 aromatic carbocycles. The maximum Gasteiger partial charge on any atom is 0.436 e. The molecule has 0 fully saturated rings. The highest BCUT2D eigenvalue weighted by molar-refractivity contribution is 5.92. The third-order valence-corrected chi connectivity index (χ3v) is 3.12. The SMILES string of the molecule is CCOC(=O)N=c1n(C(=O)OCC)c2ccccc2n1C(=O)OCC. The van der Waals surface area contributed by atoms with Crippen molar-refractivity contribution in [2.45, 2.75) is 20.8 Å². The Balaban J connectivity index is 2.85. The number of ether oxygens (including phenoxy) is 3. The van der Waals surface area contributed by atoms with Crippen molar-refractivity contribution in [1.82, 2.24) is 9.13 Å². The molecule has 1 aromatic heterocycles. The van der Waals surface area contributed by atoms with Crippen LogP contribution in [0.3, 0.4) is 0 Å². The van der Waals surface area contributed by atoms with Gasteiger partial charge < -0.3 is 14.2 Å². The second kappa shape index (κ2) is 8.13. The molecule has 0 saturated carbocycles. The van der Waals surface area contributed by atoms with E-state index in [9.17, 15) is 14.4 Å². The van der Waals surface area contributed by atoms with Gasteiger partial charge in [0.05, 0.1) is 30.9 Å². The van der Waals surface area contributed by atoms with E-state index in [4.69, 9.17) is 14.2 Å². The standard InChI is InChI=1S/C16H19N3O6/c1-4-23-14(20)17-13-18(15(21)24-5-2)11-9-7-8-10-12(11)19(13)16(22)25-6-3/h7-10H,4-6H2,1-3H3. The first-order valence-electron chi connectivity index (χ1n) is 7.83. The van der Waals surface area contributed by atoms with E-state index >= 15 is 0 Å². The quantitative estimate of drug-likeness (QED) is 0.789. The number of rotatable bonds is 3. The number of aromatic nitrogens is 2. The lowest BCUT2D eigenvalue weighted by atomic mass is 10.3. The number of nitrogens with zero attached hydrogens (tertiary/aromatic N) is 3. The van der Waals surface area contributed by atoms with Gasteiger partial charge in [-0.05, 0) is 32.9 Å². The third kappa shape index (κ3) is 3.70. The van der Waals surface area contributed by atoms with Crippen LogP contribution in [0.25, 0.3) is 11.0 Å². The van der Waals surface area contributed by atoms with Crippen LogP contribution in [0.15, 0.2) is 29.3 Å². The first-order chi connectivity index (χ1) is 12.0. The van der Waals surface area contributed by atoms with Gasteiger partial charge in [0.25, 0.3) is 0 Å². The molecule has 25 heavy (non-hydrogen) atoms. The fourth-order valence-corrected chi connectivity index (χ4v) is 2.23. The molecule has 0 radical (unpaired) electrons. The number of amides is 1. The normalized spacial score (nSPS) is 10.4. The molecule has 2 rings (SSSR count). The molecule has 0 aliphatic heterocycles. The smallest absolute Gasteiger partial charge is 0.436 e. The maximum atomic E-state index is 12.4. The molecule has 134 valence electrons. The van der Waals surface area contributed by atoms with Crippen LogP contribution in [-0.4, -0.2) is 47.2 Å². The largest absolute Gasteiger partial charge is 0.449 e. The highest BCUT2D eigenvalue weighted by Gasteiger charge is 2.23. The summed E-state index contributed by atoms with van der Waals surface area (Å²) in [5.74, 6) is 0. The van der Waals surface area contributed by atoms with Gasteiger partial charge in [-0.25, -0.2) is 23.5 Å². The van der Waals surface area contributed by atoms with Gasteiger partial charge in [-0.3, -0.25) is 0 Å². The molecular formula is C16H19N3O6. The van der Waals surface area contributed by atoms with Crippen molar-refractivity contribution in [1.29, 1.82) is 0 Å². The van der Waals surface area contributed by atoms with E-state index in [0.29, 0.717) is 11.0 Å². The van der Waals surface area contributed by atoms with Crippen LogP contribution in [0.5, 0.6) is 0 Å². The van der Waals surface area contributed by atoms with E-state index in [1.807, 2.05) is 0 Å². The molecule has 1 amide bonds. The maximum absolute atomic E-state index is 12.4. The highest BCUT2D eigenvalue weighted by Crippen LogP contribution is 2.14. The summed E-state index contributed by atoms with van der Waals surface area (Å²) in [4.78, 5) is 40.3. The predicted octanol–water partition coefficient (Wildman–Crippen LogP) is 2.51. The number of imidazole rings is 1. The topological polar surface area (TPSA) is 101 Å². The Bertz CT molecular complexity index is 806. The minimum atomic E-state index is -0.936. The zero-order chi connectivity index (χ0) is 18.4. The number of fused-ring (bicyclic) bond motifs is 1. The Kier molecular flexibility index (Phi) is 5.93. The number of hydrogen-bond acceptors (Lipinski definition) is 6. The molecule has 9 heteroatoms. The van der Waals surface area contributed by atoms with Gasteiger partial charge in [0.15, 0.2) is 0 Å². The Labute approximate surface area is 143 Å². The highest BCUT2D eigenvalue weighted by atomic mass is 16.6. The molecule has 0 unspecified atom stereocenters. The fourth-order valence-electron chi connectivity index (χ4n) is 2.23. The van der Waals surface area contributed by atoms with Gasteiger partial charge in [0, 0.05) is 0 Å². The van der Waals surface area contributed by atoms with Crippen LogP contribution in [0.2, 0.25) is 0 Å². The summed E-state index contributed by atoms with van der Waals surface area (Å²) in [5.41, 5.74) is 0.436. The van der Waals surface area contributed by atoms with Crippen molar-refractivity contribution >= 4 is 29.3 Å². The average molecular weight is 349 g/mol. The van der Waals surface area contributed by atoms with Crippen molar-refractivity contribution in [2.24, 2.45) is 4.99 Å². The third-order valence-electron chi connectivity index (χ3n) is 3.12. The first-order valence-corrected chi connectivity index (χ1v) is 7.83. The van der Waals surface area contributed by atoms with Crippen LogP contribution in [0, 0.1) is 0 Å². The zero-order valence-corrected chi connectivity index (χ0v) is 14.2. The van der Waals surface area contributed by atoms with Gasteiger partial charge in [-0.2, -0.15) is 0 Å². The summed E-state index contributed by atoms with van der Waals surface area (Å²) >= 11 is 0. The summed E-state index contributed by atoms with van der Waals surface area (Å²) in [6.45, 7) is 5.23. The van der Waals surface area contributed by atoms with Gasteiger partial charge in [-0.1, -0.05) is 12.1 Å². The molecule has 0 saturated heterocycles. The van der Waals surface area contributed by atoms with E-state index in [0.717, 1.165) is 9.13 Å². The summed E-state index contributed by atoms with van der Waals surface area (Å²) < 4.78 is 16.9. The summed E-state index contributed by atoms with van der Waals surface area (Å²) in [7, 11) is 0. The Morgan fingerprint density at radius 1 is 0.840 bits per heavy atom. The van der Waals surface area contributed by atoms with Crippen LogP contribution >= 0.6 is 0 Å². The van der Waals surface area contributed by atoms with E-state index in [2.05, 4.69) is 4.99 Å². The summed E-state index contributed by atoms with van der Waals surface area (Å²) in [6.07, 6.45) is -2.48. The lowest BCUT2D eigenvalue weighted by Crippen LogP contribution is -2.35. The van der Waals surface area contributed by atoms with Crippen LogP contribution in [0.4, 0.5) is 14.4 Å². The Morgan fingerprint density at radius 3 is 1.68 bits per heavy atom. The number of hydrogen-bond donors (Lipinski definition) is 0. The molecule has 0 bridgehead atoms. The molecule has 2 aromatic rings. The van der Waals surface area contributed by atoms with Crippen molar-refractivity contribution in [3.8, 4) is 0 Å². The van der Waals surface area contributed by atoms with Crippen molar-refractivity contribution in [3.63, 3.8) is 0 Å². The van der Waals surface area contributed by atoms with E-state index < -0.39 is 18.3 Å². The number of carbonyl (C=O) groups excluding carboxylic acids is 3. The summed E-state index contributed by atoms with van der Waals surface area (Å²) in [5, 5.41) is 0. The average Bonchev–Trinajstić information content (AvgIpc) is 2.89. The number of para-hydroxylation sites is 2. The first kappa shape index (κ1) is 18.2. The second-order valence-corrected chi connectivity index (χ2v) is 4.67. The number of benzene rings is 1. The molecule has 0 aliphatic carbocycles. The van der Waals surface area contributed by atoms with Gasteiger partial charge in [0.2, 0.25) is 5.62 Å². The molecule has 0 spiro atoms. The van der Waals surface area contributed by atoms with E-state index in [1.165, 1.54) is 0 Å². The van der Waals surface area contributed by atoms with Crippen molar-refractivity contribution in [2.75, 3.05) is 19.8 Å². The zero-order valence-electron chi connectivity index (χ0n) is 14.2. The molecule has 1 heterocycles. The lowest BCUT2D eigenvalue weighted by molar-refractivity contribution is 0.148. The number of carbonyl (C=O) groups is 3. The van der Waals surface area contributed by atoms with Crippen LogP contribution in [-0.2, 0) is 14.2 Å². The molecular weight excluding hydrogens is 330 g/mol. The minimum Gasteiger partial charge on any atom is -0.449 e. The van der Waals surface area contributed by atoms with Crippen LogP contribution < -0.4 is 5.62 Å². The van der Waals surface area contributed by atoms with Gasteiger partial charge in [0.1, 0.15) is 0 Å². The fraction of sp³-hybridized carbons (Fsp3) is 0.375. The van der Waals surface area contributed by atoms with E-state index in [-0.39, 0.29) is 25.4 Å². The molecule has 0 aliphatic rings. The van der Waals surface area contributed by atoms with E-state index in [1.54, 1.807) is 45.0 Å². The molecule has 9 nitrogen and oxygen atoms in total. The molecule has 0 N–H and O–H groups in total. The summed E-state index contributed by atoms with van der Waals surface area (Å²) in [6, 6.07) is 6.57. The van der Waals surface area contributed by atoms with Crippen molar-refractivity contribution in [3.05, 3.63) is 29.9 Å². The van der Waals surface area contributed by atoms with Gasteiger partial charge in [-0.15, -0.1) is 4.99 Å². The predicted molar refractivity (Wildman–Crippen MR) is 87.4 cm³/mol. The minimum absolute atomic E-state index is 0.0986.